The van der Waals surface area contributed by atoms with E-state index in [4.69, 9.17) is 4.74 Å². The van der Waals surface area contributed by atoms with Crippen molar-refractivity contribution in [3.8, 4) is 0 Å². The predicted octanol–water partition coefficient (Wildman–Crippen LogP) is 1.78. The largest absolute Gasteiger partial charge is 0.468 e. The molecule has 34 heavy (non-hydrogen) atoms. The molecule has 2 atom stereocenters. The van der Waals surface area contributed by atoms with Crippen molar-refractivity contribution >= 4 is 30.0 Å². The van der Waals surface area contributed by atoms with Crippen molar-refractivity contribution < 1.29 is 33.8 Å². The molecule has 0 spiro atoms. The number of benzene rings is 1. The van der Waals surface area contributed by atoms with Crippen LogP contribution in [0.5, 0.6) is 0 Å². The molecule has 10 nitrogen and oxygen atoms in total. The van der Waals surface area contributed by atoms with Crippen LogP contribution in [-0.2, 0) is 23.9 Å². The van der Waals surface area contributed by atoms with E-state index in [1.54, 1.807) is 65.0 Å². The summed E-state index contributed by atoms with van der Waals surface area (Å²) in [5.41, 5.74) is 0.354. The molecule has 3 amide bonds. The average molecular weight is 478 g/mol. The summed E-state index contributed by atoms with van der Waals surface area (Å²) in [6.45, 7) is 11.0. The number of esters is 1. The molecule has 0 aliphatic rings. The molecule has 1 rings (SSSR count). The Morgan fingerprint density at radius 3 is 2.35 bits per heavy atom. The summed E-state index contributed by atoms with van der Waals surface area (Å²) in [6, 6.07) is 3.77. The van der Waals surface area contributed by atoms with Crippen LogP contribution in [0.4, 0.5) is 4.79 Å². The number of aliphatic hydroxyl groups excluding tert-OH is 1. The summed E-state index contributed by atoms with van der Waals surface area (Å²) < 4.78 is 9.76. The van der Waals surface area contributed by atoms with Gasteiger partial charge >= 0.3 is 12.1 Å². The van der Waals surface area contributed by atoms with Gasteiger partial charge in [-0.2, -0.15) is 0 Å². The number of hydrogen-bond donors (Lipinski definition) is 3. The van der Waals surface area contributed by atoms with Crippen molar-refractivity contribution in [1.29, 1.82) is 0 Å². The maximum absolute atomic E-state index is 13.5. The first-order valence-corrected chi connectivity index (χ1v) is 10.8. The Labute approximate surface area is 200 Å². The second-order valence-corrected chi connectivity index (χ2v) is 8.79. The van der Waals surface area contributed by atoms with Crippen LogP contribution in [0.1, 0.15) is 51.8 Å². The maximum Gasteiger partial charge on any atom is 0.408 e. The van der Waals surface area contributed by atoms with E-state index in [1.807, 2.05) is 0 Å². The van der Waals surface area contributed by atoms with Crippen molar-refractivity contribution in [2.75, 3.05) is 20.3 Å². The number of carbonyl (C=O) groups excluding carboxylic acids is 4. The highest BCUT2D eigenvalue weighted by Crippen LogP contribution is 2.26. The summed E-state index contributed by atoms with van der Waals surface area (Å²) in [4.78, 5) is 51.8. The highest BCUT2D eigenvalue weighted by Gasteiger charge is 2.37. The van der Waals surface area contributed by atoms with Gasteiger partial charge in [0.1, 0.15) is 24.2 Å². The third-order valence-electron chi connectivity index (χ3n) is 4.61. The first kappa shape index (κ1) is 28.6. The Balaban J connectivity index is 3.39. The molecular formula is C24H35N3O7. The minimum atomic E-state index is -1.37. The van der Waals surface area contributed by atoms with Gasteiger partial charge in [-0.1, -0.05) is 30.9 Å². The molecule has 0 aliphatic heterocycles. The van der Waals surface area contributed by atoms with Crippen LogP contribution >= 0.6 is 0 Å². The number of carbonyl (C=O) groups is 4. The number of amides is 3. The normalized spacial score (nSPS) is 12.8. The number of alkyl carbamates (subject to hydrolysis) is 1. The van der Waals surface area contributed by atoms with E-state index in [9.17, 15) is 24.3 Å². The van der Waals surface area contributed by atoms with E-state index in [2.05, 4.69) is 21.9 Å². The lowest BCUT2D eigenvalue weighted by Crippen LogP contribution is -2.56. The average Bonchev–Trinajstić information content (AvgIpc) is 2.77. The molecule has 2 unspecified atom stereocenters. The third-order valence-corrected chi connectivity index (χ3v) is 4.61. The quantitative estimate of drug-likeness (QED) is 0.437. The molecule has 0 saturated carbocycles. The van der Waals surface area contributed by atoms with E-state index in [1.165, 1.54) is 12.0 Å². The van der Waals surface area contributed by atoms with E-state index in [0.29, 0.717) is 11.1 Å². The number of nitrogens with zero attached hydrogens (tertiary/aromatic N) is 1. The van der Waals surface area contributed by atoms with E-state index >= 15 is 0 Å². The lowest BCUT2D eigenvalue weighted by Gasteiger charge is -2.36. The van der Waals surface area contributed by atoms with Crippen molar-refractivity contribution in [1.82, 2.24) is 15.5 Å². The molecule has 10 heteroatoms. The lowest BCUT2D eigenvalue weighted by molar-refractivity contribution is -0.146. The SMILES string of the molecule is C=Cc1cccc(C(C(=O)NCC(=O)OC)N(C(=O)C(CO)NC(=O)OC(C)(C)C)C(C)C)c1. The minimum absolute atomic E-state index is 0.396. The number of rotatable bonds is 10. The summed E-state index contributed by atoms with van der Waals surface area (Å²) in [5, 5.41) is 14.7. The van der Waals surface area contributed by atoms with E-state index < -0.39 is 60.8 Å². The number of hydrogen-bond acceptors (Lipinski definition) is 7. The van der Waals surface area contributed by atoms with Crippen molar-refractivity contribution in [3.63, 3.8) is 0 Å². The highest BCUT2D eigenvalue weighted by atomic mass is 16.6. The Bertz CT molecular complexity index is 893. The second kappa shape index (κ2) is 12.7. The fourth-order valence-corrected chi connectivity index (χ4v) is 3.12. The van der Waals surface area contributed by atoms with Gasteiger partial charge in [0, 0.05) is 6.04 Å². The fourth-order valence-electron chi connectivity index (χ4n) is 3.12. The van der Waals surface area contributed by atoms with Gasteiger partial charge < -0.3 is 30.1 Å². The standard InChI is InChI=1S/C24H35N3O7/c1-8-16-10-9-11-17(12-16)20(21(30)25-13-19(29)33-7)27(15(2)3)22(31)18(14-28)26-23(32)34-24(4,5)6/h8-12,15,18,20,28H,1,13-14H2,2-7H3,(H,25,30)(H,26,32). The van der Waals surface area contributed by atoms with Crippen LogP contribution in [-0.4, -0.2) is 71.8 Å². The van der Waals surface area contributed by atoms with Crippen LogP contribution in [0.25, 0.3) is 6.08 Å². The molecule has 1 aromatic rings. The summed E-state index contributed by atoms with van der Waals surface area (Å²) in [6.07, 6.45) is 0.707. The smallest absolute Gasteiger partial charge is 0.408 e. The number of nitrogens with one attached hydrogen (secondary N) is 2. The lowest BCUT2D eigenvalue weighted by atomic mass is 9.99. The zero-order chi connectivity index (χ0) is 26.1. The van der Waals surface area contributed by atoms with Crippen LogP contribution in [0, 0.1) is 0 Å². The van der Waals surface area contributed by atoms with E-state index in [0.717, 1.165) is 0 Å². The van der Waals surface area contributed by atoms with Crippen molar-refractivity contribution in [2.24, 2.45) is 0 Å². The van der Waals surface area contributed by atoms with Gasteiger partial charge in [-0.3, -0.25) is 14.4 Å². The minimum Gasteiger partial charge on any atom is -0.468 e. The Kier molecular flexibility index (Phi) is 10.7. The van der Waals surface area contributed by atoms with Gasteiger partial charge in [0.2, 0.25) is 11.8 Å². The molecule has 0 heterocycles. The van der Waals surface area contributed by atoms with Crippen LogP contribution < -0.4 is 10.6 Å². The monoisotopic (exact) mass is 477 g/mol. The molecular weight excluding hydrogens is 442 g/mol. The molecule has 0 saturated heterocycles. The fraction of sp³-hybridized carbons (Fsp3) is 0.500. The van der Waals surface area contributed by atoms with Gasteiger partial charge in [-0.05, 0) is 51.8 Å². The van der Waals surface area contributed by atoms with Crippen LogP contribution in [0.2, 0.25) is 0 Å². The maximum atomic E-state index is 13.5. The number of aliphatic hydroxyl groups is 1. The molecule has 0 fully saturated rings. The van der Waals surface area contributed by atoms with Gasteiger partial charge in [-0.25, -0.2) is 4.79 Å². The molecule has 0 radical (unpaired) electrons. The zero-order valence-electron chi connectivity index (χ0n) is 20.6. The third kappa shape index (κ3) is 8.51. The highest BCUT2D eigenvalue weighted by molar-refractivity contribution is 5.93. The molecule has 0 bridgehead atoms. The van der Waals surface area contributed by atoms with Crippen molar-refractivity contribution in [3.05, 3.63) is 42.0 Å². The van der Waals surface area contributed by atoms with Gasteiger partial charge in [0.05, 0.1) is 13.7 Å². The Morgan fingerprint density at radius 1 is 1.21 bits per heavy atom. The summed E-state index contributed by atoms with van der Waals surface area (Å²) >= 11 is 0. The number of ether oxygens (including phenoxy) is 2. The Hall–Kier alpha value is -3.40. The zero-order valence-corrected chi connectivity index (χ0v) is 20.6. The topological polar surface area (TPSA) is 134 Å². The van der Waals surface area contributed by atoms with Gasteiger partial charge in [0.25, 0.3) is 0 Å². The van der Waals surface area contributed by atoms with Crippen LogP contribution in [0.3, 0.4) is 0 Å². The first-order valence-electron chi connectivity index (χ1n) is 10.8. The molecule has 0 aromatic heterocycles. The molecule has 3 N–H and O–H groups in total. The number of methoxy groups -OCH3 is 1. The Morgan fingerprint density at radius 2 is 1.85 bits per heavy atom. The molecule has 1 aromatic carbocycles. The van der Waals surface area contributed by atoms with E-state index in [-0.39, 0.29) is 0 Å². The summed E-state index contributed by atoms with van der Waals surface area (Å²) in [5.74, 6) is -2.00. The first-order chi connectivity index (χ1) is 15.8. The predicted molar refractivity (Wildman–Crippen MR) is 127 cm³/mol. The van der Waals surface area contributed by atoms with Crippen LogP contribution in [0.15, 0.2) is 30.8 Å². The van der Waals surface area contributed by atoms with Gasteiger partial charge in [-0.15, -0.1) is 0 Å². The molecule has 188 valence electrons. The van der Waals surface area contributed by atoms with Crippen molar-refractivity contribution in [2.45, 2.75) is 58.3 Å². The summed E-state index contributed by atoms with van der Waals surface area (Å²) in [7, 11) is 1.19. The second-order valence-electron chi connectivity index (χ2n) is 8.79. The molecule has 0 aliphatic carbocycles. The van der Waals surface area contributed by atoms with Gasteiger partial charge in [0.15, 0.2) is 0 Å².